The molecule has 102 valence electrons. The average Bonchev–Trinajstić information content (AvgIpc) is 2.45. The Kier molecular flexibility index (Phi) is 3.90. The standard InChI is InChI=1S/C13H10N2O5/c16-13(17)10-7-9(5-6-14-10)8-20-12-4-2-1-3-11(12)15(18)19/h1-7H,8H2,(H,16,17). The van der Waals surface area contributed by atoms with Crippen LogP contribution in [0.5, 0.6) is 5.75 Å². The van der Waals surface area contributed by atoms with Gasteiger partial charge in [0.2, 0.25) is 0 Å². The Bertz CT molecular complexity index is 657. The van der Waals surface area contributed by atoms with Crippen LogP contribution in [-0.4, -0.2) is 21.0 Å². The van der Waals surface area contributed by atoms with Gasteiger partial charge in [-0.05, 0) is 23.8 Å². The number of hydrogen-bond acceptors (Lipinski definition) is 5. The van der Waals surface area contributed by atoms with Gasteiger partial charge in [-0.3, -0.25) is 10.1 Å². The lowest BCUT2D eigenvalue weighted by molar-refractivity contribution is -0.385. The molecule has 1 aromatic carbocycles. The van der Waals surface area contributed by atoms with Crippen LogP contribution in [0.25, 0.3) is 0 Å². The Hall–Kier alpha value is -2.96. The number of nitro groups is 1. The second-order valence-electron chi connectivity index (χ2n) is 3.87. The largest absolute Gasteiger partial charge is 0.482 e. The van der Waals surface area contributed by atoms with Gasteiger partial charge in [0.1, 0.15) is 12.3 Å². The number of rotatable bonds is 5. The molecule has 0 aliphatic rings. The first-order valence-electron chi connectivity index (χ1n) is 5.62. The van der Waals surface area contributed by atoms with Crippen molar-refractivity contribution >= 4 is 11.7 Å². The van der Waals surface area contributed by atoms with Gasteiger partial charge in [0.05, 0.1) is 4.92 Å². The van der Waals surface area contributed by atoms with Crippen molar-refractivity contribution in [3.63, 3.8) is 0 Å². The van der Waals surface area contributed by atoms with Crippen LogP contribution < -0.4 is 4.74 Å². The molecule has 7 nitrogen and oxygen atoms in total. The summed E-state index contributed by atoms with van der Waals surface area (Å²) in [4.78, 5) is 24.7. The Labute approximate surface area is 113 Å². The van der Waals surface area contributed by atoms with E-state index < -0.39 is 10.9 Å². The molecule has 0 aliphatic heterocycles. The van der Waals surface area contributed by atoms with Crippen molar-refractivity contribution in [2.24, 2.45) is 0 Å². The SMILES string of the molecule is O=C(O)c1cc(COc2ccccc2[N+](=O)[O-])ccn1. The topological polar surface area (TPSA) is 103 Å². The first kappa shape index (κ1) is 13.5. The predicted molar refractivity (Wildman–Crippen MR) is 68.6 cm³/mol. The number of aromatic nitrogens is 1. The van der Waals surface area contributed by atoms with Crippen molar-refractivity contribution in [3.8, 4) is 5.75 Å². The zero-order valence-corrected chi connectivity index (χ0v) is 10.2. The fourth-order valence-electron chi connectivity index (χ4n) is 1.57. The van der Waals surface area contributed by atoms with Gasteiger partial charge < -0.3 is 9.84 Å². The molecule has 1 heterocycles. The Morgan fingerprint density at radius 3 is 2.80 bits per heavy atom. The van der Waals surface area contributed by atoms with Gasteiger partial charge in [-0.2, -0.15) is 0 Å². The van der Waals surface area contributed by atoms with Crippen molar-refractivity contribution in [1.29, 1.82) is 0 Å². The van der Waals surface area contributed by atoms with E-state index >= 15 is 0 Å². The highest BCUT2D eigenvalue weighted by atomic mass is 16.6. The minimum Gasteiger partial charge on any atom is -0.482 e. The van der Waals surface area contributed by atoms with Gasteiger partial charge in [-0.1, -0.05) is 12.1 Å². The molecule has 0 saturated carbocycles. The first-order valence-corrected chi connectivity index (χ1v) is 5.62. The van der Waals surface area contributed by atoms with Gasteiger partial charge in [0, 0.05) is 12.3 Å². The number of carbonyl (C=O) groups is 1. The maximum atomic E-state index is 10.8. The summed E-state index contributed by atoms with van der Waals surface area (Å²) in [6.45, 7) is 0.0215. The van der Waals surface area contributed by atoms with Crippen molar-refractivity contribution in [1.82, 2.24) is 4.98 Å². The quantitative estimate of drug-likeness (QED) is 0.662. The van der Waals surface area contributed by atoms with Gasteiger partial charge >= 0.3 is 11.7 Å². The third-order valence-corrected chi connectivity index (χ3v) is 2.50. The van der Waals surface area contributed by atoms with Gasteiger partial charge in [-0.15, -0.1) is 0 Å². The fourth-order valence-corrected chi connectivity index (χ4v) is 1.57. The van der Waals surface area contributed by atoms with E-state index in [1.54, 1.807) is 18.2 Å². The van der Waals surface area contributed by atoms with Crippen LogP contribution in [0.15, 0.2) is 42.6 Å². The number of carboxylic acid groups (broad SMARTS) is 1. The van der Waals surface area contributed by atoms with Crippen LogP contribution in [0.4, 0.5) is 5.69 Å². The van der Waals surface area contributed by atoms with Crippen LogP contribution in [0, 0.1) is 10.1 Å². The van der Waals surface area contributed by atoms with Crippen LogP contribution in [-0.2, 0) is 6.61 Å². The summed E-state index contributed by atoms with van der Waals surface area (Å²) < 4.78 is 5.36. The molecule has 0 radical (unpaired) electrons. The molecule has 0 atom stereocenters. The third-order valence-electron chi connectivity index (χ3n) is 2.50. The molecule has 1 N–H and O–H groups in total. The second-order valence-corrected chi connectivity index (χ2v) is 3.87. The van der Waals surface area contributed by atoms with E-state index in [9.17, 15) is 14.9 Å². The molecule has 0 fully saturated rings. The van der Waals surface area contributed by atoms with Gasteiger partial charge in [-0.25, -0.2) is 9.78 Å². The summed E-state index contributed by atoms with van der Waals surface area (Å²) >= 11 is 0. The number of nitrogens with zero attached hydrogens (tertiary/aromatic N) is 2. The second kappa shape index (κ2) is 5.79. The lowest BCUT2D eigenvalue weighted by Crippen LogP contribution is -2.03. The van der Waals surface area contributed by atoms with Crippen LogP contribution in [0.1, 0.15) is 16.1 Å². The van der Waals surface area contributed by atoms with E-state index in [-0.39, 0.29) is 23.7 Å². The highest BCUT2D eigenvalue weighted by Gasteiger charge is 2.14. The monoisotopic (exact) mass is 274 g/mol. The molecule has 0 spiro atoms. The highest BCUT2D eigenvalue weighted by Crippen LogP contribution is 2.26. The van der Waals surface area contributed by atoms with Crippen LogP contribution in [0.2, 0.25) is 0 Å². The molecule has 0 saturated heterocycles. The number of pyridine rings is 1. The molecule has 20 heavy (non-hydrogen) atoms. The number of carboxylic acids is 1. The molecule has 0 unspecified atom stereocenters. The molecular formula is C13H10N2O5. The summed E-state index contributed by atoms with van der Waals surface area (Å²) in [6, 6.07) is 8.93. The summed E-state index contributed by atoms with van der Waals surface area (Å²) in [5.41, 5.74) is 0.323. The molecule has 7 heteroatoms. The number of hydrogen-bond donors (Lipinski definition) is 1. The van der Waals surface area contributed by atoms with Crippen molar-refractivity contribution in [3.05, 3.63) is 64.0 Å². The number of aromatic carboxylic acids is 1. The molecular weight excluding hydrogens is 264 g/mol. The van der Waals surface area contributed by atoms with E-state index in [2.05, 4.69) is 4.98 Å². The van der Waals surface area contributed by atoms with E-state index in [1.165, 1.54) is 24.4 Å². The summed E-state index contributed by atoms with van der Waals surface area (Å²) in [6.07, 6.45) is 1.35. The maximum absolute atomic E-state index is 10.8. The number of para-hydroxylation sites is 2. The van der Waals surface area contributed by atoms with Crippen molar-refractivity contribution < 1.29 is 19.6 Å². The molecule has 0 bridgehead atoms. The fraction of sp³-hybridized carbons (Fsp3) is 0.0769. The maximum Gasteiger partial charge on any atom is 0.354 e. The summed E-state index contributed by atoms with van der Waals surface area (Å²) in [5, 5.41) is 19.6. The zero-order valence-electron chi connectivity index (χ0n) is 10.2. The third kappa shape index (κ3) is 3.08. The lowest BCUT2D eigenvalue weighted by Gasteiger charge is -2.06. The minimum absolute atomic E-state index is 0.0215. The lowest BCUT2D eigenvalue weighted by atomic mass is 10.2. The Balaban J connectivity index is 2.15. The summed E-state index contributed by atoms with van der Waals surface area (Å²) in [5.74, 6) is -1.01. The molecule has 2 aromatic rings. The zero-order chi connectivity index (χ0) is 14.5. The first-order chi connectivity index (χ1) is 9.58. The Morgan fingerprint density at radius 2 is 2.10 bits per heavy atom. The van der Waals surface area contributed by atoms with E-state index in [4.69, 9.17) is 9.84 Å². The number of benzene rings is 1. The number of ether oxygens (including phenoxy) is 1. The van der Waals surface area contributed by atoms with Crippen LogP contribution >= 0.6 is 0 Å². The van der Waals surface area contributed by atoms with E-state index in [1.807, 2.05) is 0 Å². The van der Waals surface area contributed by atoms with Crippen molar-refractivity contribution in [2.45, 2.75) is 6.61 Å². The molecule has 1 aromatic heterocycles. The normalized spacial score (nSPS) is 10.0. The molecule has 0 aliphatic carbocycles. The molecule has 0 amide bonds. The van der Waals surface area contributed by atoms with Gasteiger partial charge in [0.25, 0.3) is 0 Å². The van der Waals surface area contributed by atoms with Crippen molar-refractivity contribution in [2.75, 3.05) is 0 Å². The average molecular weight is 274 g/mol. The smallest absolute Gasteiger partial charge is 0.354 e. The minimum atomic E-state index is -1.14. The predicted octanol–water partition coefficient (Wildman–Crippen LogP) is 2.27. The summed E-state index contributed by atoms with van der Waals surface area (Å²) in [7, 11) is 0. The van der Waals surface area contributed by atoms with Gasteiger partial charge in [0.15, 0.2) is 5.75 Å². The van der Waals surface area contributed by atoms with E-state index in [0.29, 0.717) is 5.56 Å². The number of nitro benzene ring substituents is 1. The van der Waals surface area contributed by atoms with E-state index in [0.717, 1.165) is 0 Å². The van der Waals surface area contributed by atoms with Crippen LogP contribution in [0.3, 0.4) is 0 Å². The Morgan fingerprint density at radius 1 is 1.35 bits per heavy atom. The highest BCUT2D eigenvalue weighted by molar-refractivity contribution is 5.85. The molecule has 2 rings (SSSR count).